The van der Waals surface area contributed by atoms with Gasteiger partial charge in [-0.3, -0.25) is 4.98 Å². The zero-order chi connectivity index (χ0) is 13.4. The summed E-state index contributed by atoms with van der Waals surface area (Å²) in [5, 5.41) is 6.31. The molecule has 3 heteroatoms. The van der Waals surface area contributed by atoms with E-state index in [0.717, 1.165) is 25.6 Å². The Morgan fingerprint density at radius 3 is 3.05 bits per heavy atom. The molecule has 3 nitrogen and oxygen atoms in total. The second kappa shape index (κ2) is 5.06. The minimum atomic E-state index is 0.671. The molecule has 1 aliphatic heterocycles. The van der Waals surface area contributed by atoms with Crippen molar-refractivity contribution in [2.45, 2.75) is 25.3 Å². The molecule has 2 aromatic rings. The van der Waals surface area contributed by atoms with Gasteiger partial charge in [-0.15, -0.1) is 0 Å². The molecule has 0 bridgehead atoms. The first kappa shape index (κ1) is 12.2. The molecule has 1 saturated heterocycles. The van der Waals surface area contributed by atoms with Gasteiger partial charge in [-0.1, -0.05) is 12.1 Å². The predicted molar refractivity (Wildman–Crippen MR) is 83.1 cm³/mol. The largest absolute Gasteiger partial charge is 0.369 e. The van der Waals surface area contributed by atoms with E-state index in [4.69, 9.17) is 0 Å². The van der Waals surface area contributed by atoms with Gasteiger partial charge in [0.25, 0.3) is 0 Å². The standard InChI is InChI=1S/C17H21N3/c1-3-13-7-9-18-11-15(13)17(4-1)20-10-2-8-19-16(12-20)14-5-6-14/h1,3-4,7,9,11,14,16,19H,2,5-6,8,10,12H2. The Kier molecular flexibility index (Phi) is 3.07. The number of aromatic nitrogens is 1. The van der Waals surface area contributed by atoms with Crippen LogP contribution in [0.15, 0.2) is 36.7 Å². The van der Waals surface area contributed by atoms with Crippen LogP contribution in [0.5, 0.6) is 0 Å². The molecule has 4 rings (SSSR count). The predicted octanol–water partition coefficient (Wildman–Crippen LogP) is 2.81. The first-order valence-electron chi connectivity index (χ1n) is 7.73. The molecule has 1 aromatic carbocycles. The Balaban J connectivity index is 1.69. The van der Waals surface area contributed by atoms with Crippen LogP contribution in [-0.4, -0.2) is 30.7 Å². The lowest BCUT2D eigenvalue weighted by Crippen LogP contribution is -2.39. The average Bonchev–Trinajstić information content (AvgIpc) is 3.32. The zero-order valence-corrected chi connectivity index (χ0v) is 11.8. The summed E-state index contributed by atoms with van der Waals surface area (Å²) in [6, 6.07) is 9.37. The summed E-state index contributed by atoms with van der Waals surface area (Å²) < 4.78 is 0. The summed E-state index contributed by atoms with van der Waals surface area (Å²) in [4.78, 5) is 6.88. The van der Waals surface area contributed by atoms with Crippen LogP contribution in [0.1, 0.15) is 19.3 Å². The van der Waals surface area contributed by atoms with Gasteiger partial charge in [0.05, 0.1) is 0 Å². The van der Waals surface area contributed by atoms with Crippen molar-refractivity contribution < 1.29 is 0 Å². The Bertz CT molecular complexity index is 601. The van der Waals surface area contributed by atoms with E-state index in [1.807, 2.05) is 12.4 Å². The SMILES string of the molecule is c1cc(N2CCCNC(C3CC3)C2)c2cnccc2c1. The third-order valence-corrected chi connectivity index (χ3v) is 4.62. The van der Waals surface area contributed by atoms with E-state index < -0.39 is 0 Å². The highest BCUT2D eigenvalue weighted by Crippen LogP contribution is 2.35. The number of anilines is 1. The molecule has 1 N–H and O–H groups in total. The van der Waals surface area contributed by atoms with Crippen molar-refractivity contribution in [2.24, 2.45) is 5.92 Å². The van der Waals surface area contributed by atoms with Crippen molar-refractivity contribution in [3.05, 3.63) is 36.7 Å². The molecule has 2 aliphatic rings. The molecule has 104 valence electrons. The molecular formula is C17H21N3. The number of hydrogen-bond donors (Lipinski definition) is 1. The van der Waals surface area contributed by atoms with Gasteiger partial charge in [0.2, 0.25) is 0 Å². The molecule has 1 atom stereocenters. The summed E-state index contributed by atoms with van der Waals surface area (Å²) in [6.45, 7) is 3.43. The van der Waals surface area contributed by atoms with E-state index >= 15 is 0 Å². The van der Waals surface area contributed by atoms with Gasteiger partial charge < -0.3 is 10.2 Å². The van der Waals surface area contributed by atoms with Gasteiger partial charge in [0, 0.05) is 42.6 Å². The van der Waals surface area contributed by atoms with Crippen molar-refractivity contribution in [1.29, 1.82) is 0 Å². The van der Waals surface area contributed by atoms with Crippen LogP contribution in [0, 0.1) is 5.92 Å². The number of fused-ring (bicyclic) bond motifs is 1. The first-order valence-corrected chi connectivity index (χ1v) is 7.73. The van der Waals surface area contributed by atoms with Crippen molar-refractivity contribution >= 4 is 16.5 Å². The van der Waals surface area contributed by atoms with E-state index in [0.29, 0.717) is 6.04 Å². The van der Waals surface area contributed by atoms with Gasteiger partial charge in [0.15, 0.2) is 0 Å². The van der Waals surface area contributed by atoms with Gasteiger partial charge in [-0.25, -0.2) is 0 Å². The topological polar surface area (TPSA) is 28.2 Å². The average molecular weight is 267 g/mol. The monoisotopic (exact) mass is 267 g/mol. The van der Waals surface area contributed by atoms with E-state index in [9.17, 15) is 0 Å². The molecular weight excluding hydrogens is 246 g/mol. The summed E-state index contributed by atoms with van der Waals surface area (Å²) in [6.07, 6.45) is 7.92. The maximum Gasteiger partial charge on any atom is 0.0462 e. The molecule has 1 saturated carbocycles. The minimum absolute atomic E-state index is 0.671. The van der Waals surface area contributed by atoms with Gasteiger partial charge in [-0.2, -0.15) is 0 Å². The Hall–Kier alpha value is -1.61. The molecule has 1 aromatic heterocycles. The first-order chi connectivity index (χ1) is 9.92. The van der Waals surface area contributed by atoms with Crippen LogP contribution >= 0.6 is 0 Å². The summed E-state index contributed by atoms with van der Waals surface area (Å²) in [5.41, 5.74) is 1.35. The maximum absolute atomic E-state index is 4.32. The Morgan fingerprint density at radius 1 is 1.20 bits per heavy atom. The molecule has 0 spiro atoms. The fraction of sp³-hybridized carbons (Fsp3) is 0.471. The number of benzene rings is 1. The van der Waals surface area contributed by atoms with Crippen LogP contribution in [0.4, 0.5) is 5.69 Å². The number of rotatable bonds is 2. The summed E-state index contributed by atoms with van der Waals surface area (Å²) >= 11 is 0. The second-order valence-electron chi connectivity index (χ2n) is 6.07. The molecule has 1 unspecified atom stereocenters. The van der Waals surface area contributed by atoms with E-state index in [1.54, 1.807) is 0 Å². The number of nitrogens with one attached hydrogen (secondary N) is 1. The lowest BCUT2D eigenvalue weighted by atomic mass is 10.1. The molecule has 0 amide bonds. The van der Waals surface area contributed by atoms with Crippen LogP contribution in [0.3, 0.4) is 0 Å². The highest BCUT2D eigenvalue weighted by Gasteiger charge is 2.33. The van der Waals surface area contributed by atoms with Crippen LogP contribution in [-0.2, 0) is 0 Å². The second-order valence-corrected chi connectivity index (χ2v) is 6.07. The zero-order valence-electron chi connectivity index (χ0n) is 11.8. The molecule has 2 fully saturated rings. The number of pyridine rings is 1. The highest BCUT2D eigenvalue weighted by molar-refractivity contribution is 5.93. The fourth-order valence-electron chi connectivity index (χ4n) is 3.36. The third-order valence-electron chi connectivity index (χ3n) is 4.62. The van der Waals surface area contributed by atoms with Gasteiger partial charge in [0.1, 0.15) is 0 Å². The molecule has 20 heavy (non-hydrogen) atoms. The van der Waals surface area contributed by atoms with E-state index in [-0.39, 0.29) is 0 Å². The Labute approximate surface area is 120 Å². The van der Waals surface area contributed by atoms with Crippen LogP contribution < -0.4 is 10.2 Å². The van der Waals surface area contributed by atoms with E-state index in [1.165, 1.54) is 35.7 Å². The maximum atomic E-state index is 4.32. The van der Waals surface area contributed by atoms with Crippen molar-refractivity contribution in [2.75, 3.05) is 24.5 Å². The van der Waals surface area contributed by atoms with Crippen LogP contribution in [0.25, 0.3) is 10.8 Å². The Morgan fingerprint density at radius 2 is 2.15 bits per heavy atom. The van der Waals surface area contributed by atoms with Gasteiger partial charge in [-0.05, 0) is 49.2 Å². The van der Waals surface area contributed by atoms with Crippen molar-refractivity contribution in [3.63, 3.8) is 0 Å². The van der Waals surface area contributed by atoms with Crippen LogP contribution in [0.2, 0.25) is 0 Å². The molecule has 2 heterocycles. The lowest BCUT2D eigenvalue weighted by molar-refractivity contribution is 0.490. The van der Waals surface area contributed by atoms with Gasteiger partial charge >= 0.3 is 0 Å². The fourth-order valence-corrected chi connectivity index (χ4v) is 3.36. The summed E-state index contributed by atoms with van der Waals surface area (Å²) in [7, 11) is 0. The minimum Gasteiger partial charge on any atom is -0.369 e. The number of hydrogen-bond acceptors (Lipinski definition) is 3. The van der Waals surface area contributed by atoms with Crippen molar-refractivity contribution in [3.8, 4) is 0 Å². The van der Waals surface area contributed by atoms with E-state index in [2.05, 4.69) is 39.5 Å². The summed E-state index contributed by atoms with van der Waals surface area (Å²) in [5.74, 6) is 0.906. The molecule has 0 radical (unpaired) electrons. The van der Waals surface area contributed by atoms with Crippen molar-refractivity contribution in [1.82, 2.24) is 10.3 Å². The highest BCUT2D eigenvalue weighted by atomic mass is 15.2. The third kappa shape index (κ3) is 2.27. The normalized spacial score (nSPS) is 23.8. The lowest BCUT2D eigenvalue weighted by Gasteiger charge is -2.27. The molecule has 1 aliphatic carbocycles. The quantitative estimate of drug-likeness (QED) is 0.907. The number of nitrogens with zero attached hydrogens (tertiary/aromatic N) is 2. The smallest absolute Gasteiger partial charge is 0.0462 e.